The van der Waals surface area contributed by atoms with Crippen LogP contribution in [0.15, 0.2) is 53.3 Å². The zero-order valence-electron chi connectivity index (χ0n) is 12.0. The van der Waals surface area contributed by atoms with Gasteiger partial charge >= 0.3 is 5.97 Å². The maximum atomic E-state index is 12.4. The predicted octanol–water partition coefficient (Wildman–Crippen LogP) is 3.73. The Kier molecular flexibility index (Phi) is 4.96. The molecule has 1 atom stereocenters. The summed E-state index contributed by atoms with van der Waals surface area (Å²) in [4.78, 5) is 16.5. The summed E-state index contributed by atoms with van der Waals surface area (Å²) >= 11 is 3.39. The van der Waals surface area contributed by atoms with Gasteiger partial charge in [0, 0.05) is 28.1 Å². The van der Waals surface area contributed by atoms with Crippen LogP contribution in [0.2, 0.25) is 0 Å². The van der Waals surface area contributed by atoms with E-state index in [0.29, 0.717) is 6.61 Å². The van der Waals surface area contributed by atoms with E-state index < -0.39 is 5.54 Å². The molecule has 0 saturated heterocycles. The fourth-order valence-corrected chi connectivity index (χ4v) is 2.26. The molecule has 0 fully saturated rings. The third-order valence-electron chi connectivity index (χ3n) is 3.16. The molecule has 5 heteroatoms. The number of nitrogens with zero attached hydrogens (tertiary/aromatic N) is 1. The van der Waals surface area contributed by atoms with E-state index in [1.807, 2.05) is 30.3 Å². The monoisotopic (exact) mass is 348 g/mol. The number of rotatable bonds is 5. The maximum Gasteiger partial charge on any atom is 0.336 e. The van der Waals surface area contributed by atoms with Crippen LogP contribution in [-0.4, -0.2) is 17.6 Å². The molecule has 2 rings (SSSR count). The quantitative estimate of drug-likeness (QED) is 0.836. The molecule has 1 aromatic heterocycles. The lowest BCUT2D eigenvalue weighted by molar-refractivity contribution is -0.148. The predicted molar refractivity (Wildman–Crippen MR) is 86.0 cm³/mol. The molecule has 110 valence electrons. The number of esters is 1. The van der Waals surface area contributed by atoms with Gasteiger partial charge in [-0.05, 0) is 44.2 Å². The lowest BCUT2D eigenvalue weighted by Crippen LogP contribution is -2.42. The Morgan fingerprint density at radius 2 is 2.05 bits per heavy atom. The maximum absolute atomic E-state index is 12.4. The second kappa shape index (κ2) is 6.72. The van der Waals surface area contributed by atoms with Gasteiger partial charge in [0.1, 0.15) is 0 Å². The highest BCUT2D eigenvalue weighted by atomic mass is 79.9. The highest BCUT2D eigenvalue weighted by Crippen LogP contribution is 2.28. The molecule has 4 nitrogen and oxygen atoms in total. The van der Waals surface area contributed by atoms with Crippen molar-refractivity contribution in [3.63, 3.8) is 0 Å². The summed E-state index contributed by atoms with van der Waals surface area (Å²) in [7, 11) is 0. The van der Waals surface area contributed by atoms with Gasteiger partial charge in [-0.3, -0.25) is 4.98 Å². The summed E-state index contributed by atoms with van der Waals surface area (Å²) in [6.45, 7) is 3.92. The molecule has 1 aromatic carbocycles. The Labute approximate surface area is 132 Å². The van der Waals surface area contributed by atoms with Crippen molar-refractivity contribution >= 4 is 27.6 Å². The molecule has 1 heterocycles. The number of pyridine rings is 1. The average Bonchev–Trinajstić information content (AvgIpc) is 2.50. The fourth-order valence-electron chi connectivity index (χ4n) is 2.00. The van der Waals surface area contributed by atoms with Gasteiger partial charge in [-0.15, -0.1) is 0 Å². The number of aromatic nitrogens is 1. The van der Waals surface area contributed by atoms with Crippen LogP contribution in [0.3, 0.4) is 0 Å². The van der Waals surface area contributed by atoms with Gasteiger partial charge < -0.3 is 10.1 Å². The average molecular weight is 349 g/mol. The van der Waals surface area contributed by atoms with Crippen LogP contribution in [0.5, 0.6) is 0 Å². The van der Waals surface area contributed by atoms with Crippen molar-refractivity contribution in [3.8, 4) is 0 Å². The van der Waals surface area contributed by atoms with E-state index in [-0.39, 0.29) is 5.97 Å². The third kappa shape index (κ3) is 3.61. The van der Waals surface area contributed by atoms with Crippen LogP contribution in [0, 0.1) is 0 Å². The second-order valence-electron chi connectivity index (χ2n) is 4.72. The van der Waals surface area contributed by atoms with Crippen molar-refractivity contribution in [1.29, 1.82) is 0 Å². The molecule has 0 spiro atoms. The Morgan fingerprint density at radius 1 is 1.33 bits per heavy atom. The number of anilines is 1. The molecule has 0 saturated carbocycles. The van der Waals surface area contributed by atoms with Crippen molar-refractivity contribution in [1.82, 2.24) is 4.98 Å². The summed E-state index contributed by atoms with van der Waals surface area (Å²) in [5.41, 5.74) is 0.599. The minimum absolute atomic E-state index is 0.330. The van der Waals surface area contributed by atoms with Gasteiger partial charge in [0.2, 0.25) is 0 Å². The van der Waals surface area contributed by atoms with Crippen LogP contribution >= 0.6 is 15.9 Å². The molecule has 0 aliphatic heterocycles. The first kappa shape index (κ1) is 15.5. The molecule has 21 heavy (non-hydrogen) atoms. The highest BCUT2D eigenvalue weighted by Gasteiger charge is 2.37. The molecule has 0 bridgehead atoms. The zero-order chi connectivity index (χ0) is 15.3. The van der Waals surface area contributed by atoms with E-state index >= 15 is 0 Å². The van der Waals surface area contributed by atoms with E-state index in [2.05, 4.69) is 26.2 Å². The van der Waals surface area contributed by atoms with Crippen molar-refractivity contribution < 1.29 is 9.53 Å². The van der Waals surface area contributed by atoms with Crippen molar-refractivity contribution in [2.45, 2.75) is 19.4 Å². The Morgan fingerprint density at radius 3 is 2.62 bits per heavy atom. The SMILES string of the molecule is CCOC(=O)C(C)(Nc1ccc(Br)cc1)c1cccnc1. The molecule has 2 aromatic rings. The second-order valence-corrected chi connectivity index (χ2v) is 5.63. The summed E-state index contributed by atoms with van der Waals surface area (Å²) < 4.78 is 6.20. The van der Waals surface area contributed by atoms with E-state index in [1.54, 1.807) is 32.3 Å². The Balaban J connectivity index is 2.36. The largest absolute Gasteiger partial charge is 0.464 e. The first-order chi connectivity index (χ1) is 10.1. The molecule has 0 aliphatic rings. The van der Waals surface area contributed by atoms with Gasteiger partial charge in [-0.1, -0.05) is 22.0 Å². The summed E-state index contributed by atoms with van der Waals surface area (Å²) in [5, 5.41) is 3.25. The number of hydrogen-bond donors (Lipinski definition) is 1. The number of carbonyl (C=O) groups excluding carboxylic acids is 1. The van der Waals surface area contributed by atoms with Crippen LogP contribution in [-0.2, 0) is 15.1 Å². The third-order valence-corrected chi connectivity index (χ3v) is 3.69. The molecule has 1 unspecified atom stereocenters. The topological polar surface area (TPSA) is 51.2 Å². The van der Waals surface area contributed by atoms with Gasteiger partial charge in [-0.25, -0.2) is 4.79 Å². The summed E-state index contributed by atoms with van der Waals surface area (Å²) in [6.07, 6.45) is 3.34. The number of halogens is 1. The minimum Gasteiger partial charge on any atom is -0.464 e. The van der Waals surface area contributed by atoms with Crippen LogP contribution < -0.4 is 5.32 Å². The molecule has 0 amide bonds. The molecular weight excluding hydrogens is 332 g/mol. The van der Waals surface area contributed by atoms with E-state index in [0.717, 1.165) is 15.7 Å². The van der Waals surface area contributed by atoms with Crippen LogP contribution in [0.1, 0.15) is 19.4 Å². The number of carbonyl (C=O) groups is 1. The van der Waals surface area contributed by atoms with E-state index in [1.165, 1.54) is 0 Å². The summed E-state index contributed by atoms with van der Waals surface area (Å²) in [6, 6.07) is 11.3. The van der Waals surface area contributed by atoms with Crippen molar-refractivity contribution in [2.24, 2.45) is 0 Å². The normalized spacial score (nSPS) is 13.3. The van der Waals surface area contributed by atoms with Gasteiger partial charge in [0.15, 0.2) is 5.54 Å². The van der Waals surface area contributed by atoms with E-state index in [9.17, 15) is 4.79 Å². The number of nitrogens with one attached hydrogen (secondary N) is 1. The molecule has 1 N–H and O–H groups in total. The first-order valence-electron chi connectivity index (χ1n) is 6.67. The van der Waals surface area contributed by atoms with E-state index in [4.69, 9.17) is 4.74 Å². The molecule has 0 radical (unpaired) electrons. The van der Waals surface area contributed by atoms with Gasteiger partial charge in [0.25, 0.3) is 0 Å². The minimum atomic E-state index is -0.988. The highest BCUT2D eigenvalue weighted by molar-refractivity contribution is 9.10. The zero-order valence-corrected chi connectivity index (χ0v) is 13.6. The Hall–Kier alpha value is -1.88. The molecule has 0 aliphatic carbocycles. The standard InChI is InChI=1S/C16H17BrN2O2/c1-3-21-15(20)16(2,12-5-4-10-18-11-12)19-14-8-6-13(17)7-9-14/h4-11,19H,3H2,1-2H3. The lowest BCUT2D eigenvalue weighted by Gasteiger charge is -2.29. The fraction of sp³-hybridized carbons (Fsp3) is 0.250. The number of hydrogen-bond acceptors (Lipinski definition) is 4. The molecular formula is C16H17BrN2O2. The summed E-state index contributed by atoms with van der Waals surface area (Å²) in [5.74, 6) is -0.332. The van der Waals surface area contributed by atoms with Gasteiger partial charge in [-0.2, -0.15) is 0 Å². The van der Waals surface area contributed by atoms with Crippen molar-refractivity contribution in [3.05, 3.63) is 58.8 Å². The number of benzene rings is 1. The van der Waals surface area contributed by atoms with Gasteiger partial charge in [0.05, 0.1) is 6.61 Å². The van der Waals surface area contributed by atoms with Crippen molar-refractivity contribution in [2.75, 3.05) is 11.9 Å². The van der Waals surface area contributed by atoms with Crippen LogP contribution in [0.25, 0.3) is 0 Å². The Bertz CT molecular complexity index is 601. The lowest BCUT2D eigenvalue weighted by atomic mass is 9.93. The number of ether oxygens (including phenoxy) is 1. The smallest absolute Gasteiger partial charge is 0.336 e. The van der Waals surface area contributed by atoms with Crippen LogP contribution in [0.4, 0.5) is 5.69 Å². The first-order valence-corrected chi connectivity index (χ1v) is 7.47.